The minimum atomic E-state index is -3.32. The van der Waals surface area contributed by atoms with Crippen molar-refractivity contribution in [2.24, 2.45) is 5.84 Å². The van der Waals surface area contributed by atoms with Gasteiger partial charge in [0, 0.05) is 11.8 Å². The summed E-state index contributed by atoms with van der Waals surface area (Å²) in [5.74, 6) is 4.82. The average molecular weight is 325 g/mol. The lowest BCUT2D eigenvalue weighted by Gasteiger charge is -2.22. The highest BCUT2D eigenvalue weighted by Crippen LogP contribution is 2.27. The van der Waals surface area contributed by atoms with Gasteiger partial charge in [0.05, 0.1) is 15.8 Å². The van der Waals surface area contributed by atoms with Gasteiger partial charge >= 0.3 is 0 Å². The fraction of sp³-hybridized carbons (Fsp3) is 0.400. The first kappa shape index (κ1) is 14.6. The molecule has 2 atom stereocenters. The molecule has 0 saturated heterocycles. The van der Waals surface area contributed by atoms with Gasteiger partial charge in [-0.15, -0.1) is 0 Å². The van der Waals surface area contributed by atoms with Crippen LogP contribution in [-0.4, -0.2) is 19.9 Å². The van der Waals surface area contributed by atoms with Gasteiger partial charge in [0.25, 0.3) is 0 Å². The summed E-state index contributed by atoms with van der Waals surface area (Å²) in [6.07, 6.45) is 1.10. The molecule has 1 aromatic rings. The highest BCUT2D eigenvalue weighted by atomic mass is 79.9. The summed E-state index contributed by atoms with van der Waals surface area (Å²) >= 11 is 3.05. The molecule has 2 unspecified atom stereocenters. The second kappa shape index (κ2) is 5.43. The Morgan fingerprint density at radius 2 is 2.06 bits per heavy atom. The van der Waals surface area contributed by atoms with E-state index in [0.717, 1.165) is 6.26 Å². The van der Waals surface area contributed by atoms with Gasteiger partial charge in [0.1, 0.15) is 5.82 Å². The minimum Gasteiger partial charge on any atom is -0.271 e. The molecule has 0 spiro atoms. The molecule has 0 bridgehead atoms. The Morgan fingerprint density at radius 1 is 1.47 bits per heavy atom. The molecule has 96 valence electrons. The van der Waals surface area contributed by atoms with Crippen molar-refractivity contribution < 1.29 is 12.8 Å². The van der Waals surface area contributed by atoms with Gasteiger partial charge in [0.2, 0.25) is 0 Å². The monoisotopic (exact) mass is 324 g/mol. The van der Waals surface area contributed by atoms with E-state index < -0.39 is 26.9 Å². The highest BCUT2D eigenvalue weighted by Gasteiger charge is 2.28. The Morgan fingerprint density at radius 3 is 2.53 bits per heavy atom. The second-order valence-corrected chi connectivity index (χ2v) is 7.08. The zero-order chi connectivity index (χ0) is 13.2. The molecular formula is C10H14BrFN2O2S. The third-order valence-electron chi connectivity index (χ3n) is 2.64. The molecule has 1 aromatic carbocycles. The molecule has 0 radical (unpaired) electrons. The first-order valence-corrected chi connectivity index (χ1v) is 7.62. The first-order valence-electron chi connectivity index (χ1n) is 4.88. The van der Waals surface area contributed by atoms with E-state index in [2.05, 4.69) is 21.4 Å². The van der Waals surface area contributed by atoms with E-state index in [9.17, 15) is 12.8 Å². The second-order valence-electron chi connectivity index (χ2n) is 3.82. The summed E-state index contributed by atoms with van der Waals surface area (Å²) in [4.78, 5) is 0. The zero-order valence-electron chi connectivity index (χ0n) is 9.44. The fourth-order valence-electron chi connectivity index (χ4n) is 1.49. The summed E-state index contributed by atoms with van der Waals surface area (Å²) in [6.45, 7) is 1.49. The molecule has 0 amide bonds. The smallest absolute Gasteiger partial charge is 0.151 e. The van der Waals surface area contributed by atoms with Crippen molar-refractivity contribution in [1.82, 2.24) is 5.43 Å². The third kappa shape index (κ3) is 3.25. The van der Waals surface area contributed by atoms with E-state index in [1.165, 1.54) is 19.1 Å². The molecule has 0 aromatic heterocycles. The highest BCUT2D eigenvalue weighted by molar-refractivity contribution is 9.10. The quantitative estimate of drug-likeness (QED) is 0.650. The predicted octanol–water partition coefficient (Wildman–Crippen LogP) is 1.53. The molecule has 0 fully saturated rings. The molecule has 4 nitrogen and oxygen atoms in total. The van der Waals surface area contributed by atoms with Crippen LogP contribution in [0.5, 0.6) is 0 Å². The van der Waals surface area contributed by atoms with Crippen LogP contribution in [0.1, 0.15) is 18.5 Å². The van der Waals surface area contributed by atoms with Gasteiger partial charge in [-0.2, -0.15) is 0 Å². The van der Waals surface area contributed by atoms with Gasteiger partial charge in [-0.05, 0) is 28.9 Å². The van der Waals surface area contributed by atoms with Crippen molar-refractivity contribution in [1.29, 1.82) is 0 Å². The number of hydrogen-bond acceptors (Lipinski definition) is 4. The van der Waals surface area contributed by atoms with Crippen LogP contribution in [0.2, 0.25) is 0 Å². The standard InChI is InChI=1S/C10H14BrFN2O2S/c1-6(17(2,15)16)10(14-13)7-4-3-5-8(11)9(7)12/h3-6,10,14H,13H2,1-2H3. The number of benzene rings is 1. The van der Waals surface area contributed by atoms with Gasteiger partial charge in [-0.3, -0.25) is 11.3 Å². The van der Waals surface area contributed by atoms with Crippen molar-refractivity contribution >= 4 is 25.8 Å². The summed E-state index contributed by atoms with van der Waals surface area (Å²) in [5, 5.41) is -0.823. The normalized spacial score (nSPS) is 15.6. The minimum absolute atomic E-state index is 0.222. The van der Waals surface area contributed by atoms with E-state index >= 15 is 0 Å². The van der Waals surface area contributed by atoms with Crippen molar-refractivity contribution in [3.05, 3.63) is 34.1 Å². The lowest BCUT2D eigenvalue weighted by Crippen LogP contribution is -2.39. The summed E-state index contributed by atoms with van der Waals surface area (Å²) in [6, 6.07) is 3.88. The number of hydrazine groups is 1. The summed E-state index contributed by atoms with van der Waals surface area (Å²) < 4.78 is 37.1. The third-order valence-corrected chi connectivity index (χ3v) is 4.88. The van der Waals surface area contributed by atoms with E-state index in [1.54, 1.807) is 6.07 Å². The Hall–Kier alpha value is -0.500. The number of nitrogens with two attached hydrogens (primary N) is 1. The molecule has 0 aliphatic rings. The van der Waals surface area contributed by atoms with Crippen LogP contribution >= 0.6 is 15.9 Å². The van der Waals surface area contributed by atoms with Crippen LogP contribution in [0.15, 0.2) is 22.7 Å². The SMILES string of the molecule is CC(C(NN)c1cccc(Br)c1F)S(C)(=O)=O. The van der Waals surface area contributed by atoms with Crippen molar-refractivity contribution in [2.75, 3.05) is 6.26 Å². The van der Waals surface area contributed by atoms with Crippen molar-refractivity contribution in [3.63, 3.8) is 0 Å². The maximum absolute atomic E-state index is 13.9. The Labute approximate surface area is 108 Å². The number of halogens is 2. The van der Waals surface area contributed by atoms with Gasteiger partial charge < -0.3 is 0 Å². The first-order chi connectivity index (χ1) is 7.79. The van der Waals surface area contributed by atoms with E-state index in [0.29, 0.717) is 0 Å². The van der Waals surface area contributed by atoms with E-state index in [4.69, 9.17) is 5.84 Å². The molecular weight excluding hydrogens is 311 g/mol. The number of hydrogen-bond donors (Lipinski definition) is 2. The lowest BCUT2D eigenvalue weighted by atomic mass is 10.0. The van der Waals surface area contributed by atoms with Gasteiger partial charge in [-0.1, -0.05) is 12.1 Å². The van der Waals surface area contributed by atoms with E-state index in [1.807, 2.05) is 0 Å². The molecule has 0 aliphatic heterocycles. The van der Waals surface area contributed by atoms with Crippen LogP contribution in [0.3, 0.4) is 0 Å². The van der Waals surface area contributed by atoms with Gasteiger partial charge in [0.15, 0.2) is 9.84 Å². The Bertz CT molecular complexity index is 507. The largest absolute Gasteiger partial charge is 0.271 e. The topological polar surface area (TPSA) is 72.2 Å². The molecule has 3 N–H and O–H groups in total. The molecule has 7 heteroatoms. The Balaban J connectivity index is 3.24. The molecule has 0 heterocycles. The summed E-state index contributed by atoms with van der Waals surface area (Å²) in [7, 11) is -3.32. The van der Waals surface area contributed by atoms with E-state index in [-0.39, 0.29) is 10.0 Å². The number of nitrogens with one attached hydrogen (secondary N) is 1. The van der Waals surface area contributed by atoms with Crippen LogP contribution in [0.4, 0.5) is 4.39 Å². The average Bonchev–Trinajstić information content (AvgIpc) is 2.23. The van der Waals surface area contributed by atoms with Crippen molar-refractivity contribution in [3.8, 4) is 0 Å². The Kier molecular flexibility index (Phi) is 4.65. The maximum Gasteiger partial charge on any atom is 0.151 e. The van der Waals surface area contributed by atoms with Crippen LogP contribution in [-0.2, 0) is 9.84 Å². The summed E-state index contributed by atoms with van der Waals surface area (Å²) in [5.41, 5.74) is 2.57. The number of sulfone groups is 1. The molecule has 0 saturated carbocycles. The van der Waals surface area contributed by atoms with Crippen molar-refractivity contribution in [2.45, 2.75) is 18.2 Å². The predicted molar refractivity (Wildman–Crippen MR) is 68.5 cm³/mol. The van der Waals surface area contributed by atoms with Crippen LogP contribution < -0.4 is 11.3 Å². The molecule has 0 aliphatic carbocycles. The maximum atomic E-state index is 13.9. The molecule has 17 heavy (non-hydrogen) atoms. The zero-order valence-corrected chi connectivity index (χ0v) is 11.8. The van der Waals surface area contributed by atoms with Gasteiger partial charge in [-0.25, -0.2) is 12.8 Å². The fourth-order valence-corrected chi connectivity index (χ4v) is 2.59. The molecule has 1 rings (SSSR count). The van der Waals surface area contributed by atoms with Crippen LogP contribution in [0.25, 0.3) is 0 Å². The lowest BCUT2D eigenvalue weighted by molar-refractivity contribution is 0.487. The van der Waals surface area contributed by atoms with Crippen LogP contribution in [0, 0.1) is 5.82 Å². The number of rotatable bonds is 4.